The fourth-order valence-electron chi connectivity index (χ4n) is 4.21. The molecule has 0 bridgehead atoms. The van der Waals surface area contributed by atoms with Crippen LogP contribution in [0.5, 0.6) is 0 Å². The molecule has 0 atom stereocenters. The van der Waals surface area contributed by atoms with Crippen LogP contribution in [-0.2, 0) is 11.2 Å². The molecule has 134 valence electrons. The molecule has 0 unspecified atom stereocenters. The first-order chi connectivity index (χ1) is 11.9. The van der Waals surface area contributed by atoms with Crippen LogP contribution >= 0.6 is 0 Å². The minimum absolute atomic E-state index is 0.418. The summed E-state index contributed by atoms with van der Waals surface area (Å²) < 4.78 is 11.4. The van der Waals surface area contributed by atoms with E-state index < -0.39 is 0 Å². The Labute approximate surface area is 145 Å². The van der Waals surface area contributed by atoms with Crippen LogP contribution in [0.2, 0.25) is 0 Å². The lowest BCUT2D eigenvalue weighted by Gasteiger charge is -2.37. The standard InChI is InChI=1S/C19H31N3O2/c1-2-4-6-16(5-3-1)22-12-9-17(10-13-22)23-14-11-18-20-19(24-21-18)15-7-8-15/h15-17H,1-14H2. The zero-order valence-electron chi connectivity index (χ0n) is 14.8. The molecule has 1 saturated heterocycles. The average Bonchev–Trinajstić information content (AvgIpc) is 3.41. The highest BCUT2D eigenvalue weighted by Crippen LogP contribution is 2.38. The maximum Gasteiger partial charge on any atom is 0.229 e. The first kappa shape index (κ1) is 16.5. The second kappa shape index (κ2) is 7.96. The van der Waals surface area contributed by atoms with Crippen LogP contribution in [0.1, 0.15) is 81.8 Å². The third-order valence-corrected chi connectivity index (χ3v) is 5.91. The average molecular weight is 333 g/mol. The van der Waals surface area contributed by atoms with Crippen molar-refractivity contribution in [3.05, 3.63) is 11.7 Å². The van der Waals surface area contributed by atoms with Crippen LogP contribution in [0.3, 0.4) is 0 Å². The molecule has 5 heteroatoms. The summed E-state index contributed by atoms with van der Waals surface area (Å²) in [5.74, 6) is 2.19. The Hall–Kier alpha value is -0.940. The van der Waals surface area contributed by atoms with Crippen molar-refractivity contribution < 1.29 is 9.26 Å². The molecule has 1 aromatic heterocycles. The van der Waals surface area contributed by atoms with E-state index in [1.165, 1.54) is 77.3 Å². The number of aromatic nitrogens is 2. The Morgan fingerprint density at radius 2 is 1.71 bits per heavy atom. The van der Waals surface area contributed by atoms with Gasteiger partial charge in [0.25, 0.3) is 0 Å². The molecule has 2 saturated carbocycles. The quantitative estimate of drug-likeness (QED) is 0.743. The Morgan fingerprint density at radius 1 is 0.958 bits per heavy atom. The Balaban J connectivity index is 1.15. The lowest BCUT2D eigenvalue weighted by Crippen LogP contribution is -2.43. The first-order valence-corrected chi connectivity index (χ1v) is 10.1. The van der Waals surface area contributed by atoms with E-state index in [2.05, 4.69) is 15.0 Å². The molecule has 2 aliphatic carbocycles. The predicted octanol–water partition coefficient (Wildman–Crippen LogP) is 3.69. The highest BCUT2D eigenvalue weighted by molar-refractivity contribution is 5.01. The zero-order chi connectivity index (χ0) is 16.2. The van der Waals surface area contributed by atoms with Gasteiger partial charge in [0, 0.05) is 31.5 Å². The second-order valence-electron chi connectivity index (χ2n) is 7.82. The number of hydrogen-bond donors (Lipinski definition) is 0. The van der Waals surface area contributed by atoms with Gasteiger partial charge in [0.2, 0.25) is 5.89 Å². The van der Waals surface area contributed by atoms with Gasteiger partial charge in [0.15, 0.2) is 5.82 Å². The summed E-state index contributed by atoms with van der Waals surface area (Å²) >= 11 is 0. The van der Waals surface area contributed by atoms with Crippen LogP contribution < -0.4 is 0 Å². The highest BCUT2D eigenvalue weighted by Gasteiger charge is 2.29. The van der Waals surface area contributed by atoms with Crippen LogP contribution in [0, 0.1) is 0 Å². The third-order valence-electron chi connectivity index (χ3n) is 5.91. The second-order valence-corrected chi connectivity index (χ2v) is 7.82. The van der Waals surface area contributed by atoms with E-state index >= 15 is 0 Å². The van der Waals surface area contributed by atoms with Crippen molar-refractivity contribution in [3.8, 4) is 0 Å². The van der Waals surface area contributed by atoms with Crippen molar-refractivity contribution >= 4 is 0 Å². The minimum Gasteiger partial charge on any atom is -0.378 e. The summed E-state index contributed by atoms with van der Waals surface area (Å²) in [6.07, 6.45) is 14.5. The number of ether oxygens (including phenoxy) is 1. The molecule has 0 N–H and O–H groups in total. The fraction of sp³-hybridized carbons (Fsp3) is 0.895. The van der Waals surface area contributed by atoms with Crippen molar-refractivity contribution in [1.82, 2.24) is 15.0 Å². The SMILES string of the molecule is C1CCCC(N2CCC(OCCc3noc(C4CC4)n3)CC2)CC1. The molecule has 24 heavy (non-hydrogen) atoms. The summed E-state index contributed by atoms with van der Waals surface area (Å²) in [5, 5.41) is 4.07. The lowest BCUT2D eigenvalue weighted by atomic mass is 10.0. The van der Waals surface area contributed by atoms with Gasteiger partial charge in [-0.2, -0.15) is 4.98 Å². The van der Waals surface area contributed by atoms with E-state index in [-0.39, 0.29) is 0 Å². The maximum atomic E-state index is 6.08. The van der Waals surface area contributed by atoms with Gasteiger partial charge in [-0.15, -0.1) is 0 Å². The van der Waals surface area contributed by atoms with Gasteiger partial charge in [-0.05, 0) is 38.5 Å². The van der Waals surface area contributed by atoms with Gasteiger partial charge >= 0.3 is 0 Å². The van der Waals surface area contributed by atoms with Crippen molar-refractivity contribution in [2.45, 2.75) is 88.7 Å². The number of nitrogens with zero attached hydrogens (tertiary/aromatic N) is 3. The van der Waals surface area contributed by atoms with Crippen molar-refractivity contribution in [3.63, 3.8) is 0 Å². The van der Waals surface area contributed by atoms with Gasteiger partial charge in [-0.25, -0.2) is 0 Å². The minimum atomic E-state index is 0.418. The number of likely N-dealkylation sites (tertiary alicyclic amines) is 1. The molecule has 0 amide bonds. The van der Waals surface area contributed by atoms with Gasteiger partial charge in [-0.1, -0.05) is 30.8 Å². The topological polar surface area (TPSA) is 51.4 Å². The van der Waals surface area contributed by atoms with Gasteiger partial charge in [0.05, 0.1) is 12.7 Å². The molecule has 0 radical (unpaired) electrons. The Morgan fingerprint density at radius 3 is 2.42 bits per heavy atom. The molecular formula is C19H31N3O2. The van der Waals surface area contributed by atoms with Crippen LogP contribution in [0.25, 0.3) is 0 Å². The third kappa shape index (κ3) is 4.37. The normalized spacial score (nSPS) is 25.0. The summed E-state index contributed by atoms with van der Waals surface area (Å²) in [4.78, 5) is 7.20. The van der Waals surface area contributed by atoms with E-state index in [0.717, 1.165) is 30.8 Å². The molecular weight excluding hydrogens is 302 g/mol. The zero-order valence-corrected chi connectivity index (χ0v) is 14.8. The van der Waals surface area contributed by atoms with Crippen molar-refractivity contribution in [1.29, 1.82) is 0 Å². The van der Waals surface area contributed by atoms with Gasteiger partial charge in [0.1, 0.15) is 0 Å². The fourth-order valence-corrected chi connectivity index (χ4v) is 4.21. The molecule has 2 heterocycles. The van der Waals surface area contributed by atoms with E-state index in [1.807, 2.05) is 0 Å². The van der Waals surface area contributed by atoms with Crippen LogP contribution in [-0.4, -0.2) is 46.9 Å². The molecule has 5 nitrogen and oxygen atoms in total. The highest BCUT2D eigenvalue weighted by atomic mass is 16.5. The van der Waals surface area contributed by atoms with Crippen molar-refractivity contribution in [2.75, 3.05) is 19.7 Å². The van der Waals surface area contributed by atoms with Gasteiger partial charge < -0.3 is 14.2 Å². The Kier molecular flexibility index (Phi) is 5.48. The summed E-state index contributed by atoms with van der Waals surface area (Å²) in [7, 11) is 0. The van der Waals surface area contributed by atoms with E-state index in [0.29, 0.717) is 12.0 Å². The summed E-state index contributed by atoms with van der Waals surface area (Å²) in [6.45, 7) is 3.14. The largest absolute Gasteiger partial charge is 0.378 e. The summed E-state index contributed by atoms with van der Waals surface area (Å²) in [6, 6.07) is 0.841. The Bertz CT molecular complexity index is 498. The molecule has 0 aromatic carbocycles. The number of rotatable bonds is 6. The predicted molar refractivity (Wildman–Crippen MR) is 92.0 cm³/mol. The van der Waals surface area contributed by atoms with E-state index in [4.69, 9.17) is 9.26 Å². The lowest BCUT2D eigenvalue weighted by molar-refractivity contribution is -0.00273. The van der Waals surface area contributed by atoms with Crippen LogP contribution in [0.4, 0.5) is 0 Å². The van der Waals surface area contributed by atoms with E-state index in [9.17, 15) is 0 Å². The molecule has 0 spiro atoms. The smallest absolute Gasteiger partial charge is 0.229 e. The number of hydrogen-bond acceptors (Lipinski definition) is 5. The van der Waals surface area contributed by atoms with Gasteiger partial charge in [-0.3, -0.25) is 0 Å². The monoisotopic (exact) mass is 333 g/mol. The molecule has 4 rings (SSSR count). The maximum absolute atomic E-state index is 6.08. The van der Waals surface area contributed by atoms with E-state index in [1.54, 1.807) is 0 Å². The molecule has 1 aliphatic heterocycles. The van der Waals surface area contributed by atoms with Crippen molar-refractivity contribution in [2.24, 2.45) is 0 Å². The first-order valence-electron chi connectivity index (χ1n) is 10.1. The number of piperidine rings is 1. The molecule has 3 aliphatic rings. The summed E-state index contributed by atoms with van der Waals surface area (Å²) in [5.41, 5.74) is 0. The van der Waals surface area contributed by atoms with Crippen LogP contribution in [0.15, 0.2) is 4.52 Å². The molecule has 3 fully saturated rings. The molecule has 1 aromatic rings.